The summed E-state index contributed by atoms with van der Waals surface area (Å²) in [4.78, 5) is 0. The summed E-state index contributed by atoms with van der Waals surface area (Å²) in [6.07, 6.45) is -2.58. The molecule has 2 aromatic rings. The zero-order valence-electron chi connectivity index (χ0n) is 9.96. The molecule has 0 fully saturated rings. The van der Waals surface area contributed by atoms with Gasteiger partial charge in [0.15, 0.2) is 0 Å². The lowest BCUT2D eigenvalue weighted by atomic mass is 10.0. The second kappa shape index (κ2) is 5.76. The lowest BCUT2D eigenvalue weighted by Gasteiger charge is -2.11. The average Bonchev–Trinajstić information content (AvgIpc) is 2.40. The highest BCUT2D eigenvalue weighted by molar-refractivity contribution is 6.35. The summed E-state index contributed by atoms with van der Waals surface area (Å²) < 4.78 is 30.5. The third-order valence-corrected chi connectivity index (χ3v) is 3.27. The summed E-state index contributed by atoms with van der Waals surface area (Å²) >= 11 is 12.0. The molecule has 0 aromatic heterocycles. The Bertz CT molecular complexity index is 600. The Morgan fingerprint density at radius 3 is 2.42 bits per heavy atom. The summed E-state index contributed by atoms with van der Waals surface area (Å²) in [6, 6.07) is 9.43. The normalized spacial score (nSPS) is 10.8. The van der Waals surface area contributed by atoms with E-state index in [1.165, 1.54) is 19.2 Å². The van der Waals surface area contributed by atoms with Gasteiger partial charge in [-0.05, 0) is 35.9 Å². The van der Waals surface area contributed by atoms with Crippen molar-refractivity contribution in [3.05, 3.63) is 52.0 Å². The van der Waals surface area contributed by atoms with Gasteiger partial charge in [-0.3, -0.25) is 0 Å². The van der Waals surface area contributed by atoms with Gasteiger partial charge in [-0.2, -0.15) is 0 Å². The molecular weight excluding hydrogens is 293 g/mol. The highest BCUT2D eigenvalue weighted by Gasteiger charge is 2.15. The summed E-state index contributed by atoms with van der Waals surface area (Å²) in [7, 11) is 1.35. The predicted octanol–water partition coefficient (Wildman–Crippen LogP) is 5.61. The smallest absolute Gasteiger partial charge is 0.267 e. The van der Waals surface area contributed by atoms with Crippen LogP contribution >= 0.6 is 23.2 Å². The van der Waals surface area contributed by atoms with Crippen LogP contribution in [0.3, 0.4) is 0 Å². The predicted molar refractivity (Wildman–Crippen MR) is 73.4 cm³/mol. The first kappa shape index (κ1) is 14.1. The molecule has 0 aliphatic heterocycles. The second-order valence-electron chi connectivity index (χ2n) is 3.88. The highest BCUT2D eigenvalue weighted by Crippen LogP contribution is 2.36. The number of hydrogen-bond donors (Lipinski definition) is 0. The minimum atomic E-state index is -2.58. The molecule has 0 radical (unpaired) electrons. The molecule has 0 aliphatic carbocycles. The van der Waals surface area contributed by atoms with Crippen LogP contribution in [0.25, 0.3) is 11.1 Å². The van der Waals surface area contributed by atoms with Crippen LogP contribution in [0.5, 0.6) is 5.75 Å². The zero-order valence-corrected chi connectivity index (χ0v) is 11.5. The van der Waals surface area contributed by atoms with Crippen LogP contribution in [-0.4, -0.2) is 7.11 Å². The van der Waals surface area contributed by atoms with Gasteiger partial charge in [-0.1, -0.05) is 29.3 Å². The number of benzene rings is 2. The molecular formula is C14H10Cl2F2O. The van der Waals surface area contributed by atoms with Gasteiger partial charge in [0.2, 0.25) is 0 Å². The topological polar surface area (TPSA) is 9.23 Å². The van der Waals surface area contributed by atoms with Gasteiger partial charge >= 0.3 is 0 Å². The fourth-order valence-electron chi connectivity index (χ4n) is 1.78. The van der Waals surface area contributed by atoms with E-state index in [0.717, 1.165) is 0 Å². The minimum Gasteiger partial charge on any atom is -0.496 e. The molecule has 5 heteroatoms. The van der Waals surface area contributed by atoms with Crippen LogP contribution < -0.4 is 4.74 Å². The lowest BCUT2D eigenvalue weighted by Crippen LogP contribution is -1.93. The van der Waals surface area contributed by atoms with Gasteiger partial charge in [0, 0.05) is 15.6 Å². The Balaban J connectivity index is 2.54. The van der Waals surface area contributed by atoms with Gasteiger partial charge in [0.1, 0.15) is 5.75 Å². The van der Waals surface area contributed by atoms with E-state index in [-0.39, 0.29) is 11.3 Å². The van der Waals surface area contributed by atoms with E-state index in [1.807, 2.05) is 0 Å². The van der Waals surface area contributed by atoms with Crippen LogP contribution in [0.1, 0.15) is 12.0 Å². The molecule has 0 saturated heterocycles. The van der Waals surface area contributed by atoms with Gasteiger partial charge in [-0.15, -0.1) is 0 Å². The number of hydrogen-bond acceptors (Lipinski definition) is 1. The van der Waals surface area contributed by atoms with Crippen molar-refractivity contribution >= 4 is 23.2 Å². The third kappa shape index (κ3) is 2.99. The van der Waals surface area contributed by atoms with Crippen LogP contribution in [0.4, 0.5) is 8.78 Å². The summed E-state index contributed by atoms with van der Waals surface area (Å²) in [5.41, 5.74) is 1.20. The van der Waals surface area contributed by atoms with E-state index in [9.17, 15) is 8.78 Å². The highest BCUT2D eigenvalue weighted by atomic mass is 35.5. The monoisotopic (exact) mass is 302 g/mol. The first-order valence-electron chi connectivity index (χ1n) is 5.44. The van der Waals surface area contributed by atoms with Gasteiger partial charge in [0.05, 0.1) is 12.7 Å². The van der Waals surface area contributed by atoms with Crippen molar-refractivity contribution in [3.63, 3.8) is 0 Å². The maximum Gasteiger partial charge on any atom is 0.267 e. The largest absolute Gasteiger partial charge is 0.496 e. The summed E-state index contributed by atoms with van der Waals surface area (Å²) in [6.45, 7) is 0. The van der Waals surface area contributed by atoms with E-state index in [2.05, 4.69) is 0 Å². The first-order chi connectivity index (χ1) is 9.02. The Hall–Kier alpha value is -1.32. The molecule has 0 spiro atoms. The molecule has 0 N–H and O–H groups in total. The molecule has 0 amide bonds. The van der Waals surface area contributed by atoms with Crippen molar-refractivity contribution in [1.82, 2.24) is 0 Å². The van der Waals surface area contributed by atoms with Crippen LogP contribution in [-0.2, 0) is 0 Å². The van der Waals surface area contributed by atoms with Crippen molar-refractivity contribution < 1.29 is 13.5 Å². The molecule has 0 aliphatic rings. The lowest BCUT2D eigenvalue weighted by molar-refractivity contribution is 0.147. The Kier molecular flexibility index (Phi) is 4.27. The molecule has 0 bridgehead atoms. The number of methoxy groups -OCH3 is 1. The van der Waals surface area contributed by atoms with Gasteiger partial charge < -0.3 is 4.74 Å². The van der Waals surface area contributed by atoms with E-state index >= 15 is 0 Å². The molecule has 1 nitrogen and oxygen atoms in total. The van der Waals surface area contributed by atoms with Crippen molar-refractivity contribution in [2.24, 2.45) is 0 Å². The van der Waals surface area contributed by atoms with Gasteiger partial charge in [-0.25, -0.2) is 8.78 Å². The van der Waals surface area contributed by atoms with E-state index in [0.29, 0.717) is 21.2 Å². The van der Waals surface area contributed by atoms with Crippen molar-refractivity contribution in [2.75, 3.05) is 7.11 Å². The summed E-state index contributed by atoms with van der Waals surface area (Å²) in [5, 5.41) is 1.02. The molecule has 2 aromatic carbocycles. The zero-order chi connectivity index (χ0) is 14.0. The second-order valence-corrected chi connectivity index (χ2v) is 4.73. The maximum absolute atomic E-state index is 12.8. The quantitative estimate of drug-likeness (QED) is 0.716. The van der Waals surface area contributed by atoms with Gasteiger partial charge in [0.25, 0.3) is 6.43 Å². The Morgan fingerprint density at radius 1 is 1.05 bits per heavy atom. The Labute approximate surface area is 119 Å². The van der Waals surface area contributed by atoms with E-state index in [4.69, 9.17) is 27.9 Å². The first-order valence-corrected chi connectivity index (χ1v) is 6.20. The van der Waals surface area contributed by atoms with Crippen LogP contribution in [0.2, 0.25) is 10.0 Å². The third-order valence-electron chi connectivity index (χ3n) is 2.71. The van der Waals surface area contributed by atoms with Crippen LogP contribution in [0, 0.1) is 0 Å². The maximum atomic E-state index is 12.8. The molecule has 2 rings (SSSR count). The number of ether oxygens (including phenoxy) is 1. The molecule has 19 heavy (non-hydrogen) atoms. The number of halogens is 4. The number of rotatable bonds is 3. The molecule has 0 unspecified atom stereocenters. The summed E-state index contributed by atoms with van der Waals surface area (Å²) in [5.74, 6) is 0.128. The minimum absolute atomic E-state index is 0.128. The molecule has 0 heterocycles. The average molecular weight is 303 g/mol. The molecule has 0 saturated carbocycles. The van der Waals surface area contributed by atoms with E-state index in [1.54, 1.807) is 24.3 Å². The molecule has 100 valence electrons. The van der Waals surface area contributed by atoms with Crippen molar-refractivity contribution in [2.45, 2.75) is 6.43 Å². The SMILES string of the molecule is COc1cc(-c2cc(Cl)ccc2Cl)ccc1C(F)F. The van der Waals surface area contributed by atoms with E-state index < -0.39 is 6.43 Å². The fourth-order valence-corrected chi connectivity index (χ4v) is 2.18. The Morgan fingerprint density at radius 2 is 1.79 bits per heavy atom. The molecule has 0 atom stereocenters. The fraction of sp³-hybridized carbons (Fsp3) is 0.143. The van der Waals surface area contributed by atoms with Crippen molar-refractivity contribution in [3.8, 4) is 16.9 Å². The van der Waals surface area contributed by atoms with Crippen molar-refractivity contribution in [1.29, 1.82) is 0 Å². The van der Waals surface area contributed by atoms with Crippen LogP contribution in [0.15, 0.2) is 36.4 Å². The number of alkyl halides is 2. The standard InChI is InChI=1S/C14H10Cl2F2O/c1-19-13-6-8(2-4-10(13)14(17)18)11-7-9(15)3-5-12(11)16/h2-7,14H,1H3.